The number of unbranched alkanes of at least 4 members (excludes halogenated alkanes) is 1. The fourth-order valence-electron chi connectivity index (χ4n) is 5.01. The van der Waals surface area contributed by atoms with E-state index in [2.05, 4.69) is 10.6 Å². The minimum Gasteiger partial charge on any atom is -0.481 e. The van der Waals surface area contributed by atoms with Crippen LogP contribution in [-0.2, 0) is 33.6 Å². The van der Waals surface area contributed by atoms with Gasteiger partial charge >= 0.3 is 5.97 Å². The summed E-state index contributed by atoms with van der Waals surface area (Å²) in [6.45, 7) is 7.82. The molecule has 16 heteroatoms. The average molecular weight is 690 g/mol. The molecule has 0 aliphatic carbocycles. The Morgan fingerprint density at radius 2 is 1.49 bits per heavy atom. The normalized spacial score (nSPS) is 21.2. The maximum absolute atomic E-state index is 13.4. The monoisotopic (exact) mass is 689 g/mol. The second kappa shape index (κ2) is 19.4. The lowest BCUT2D eigenvalue weighted by molar-refractivity contribution is -0.139. The largest absolute Gasteiger partial charge is 0.481 e. The lowest BCUT2D eigenvalue weighted by Crippen LogP contribution is -2.55. The number of hydrogen-bond donors (Lipinski definition) is 4. The molecule has 2 aliphatic heterocycles. The lowest BCUT2D eigenvalue weighted by Gasteiger charge is -2.25. The Morgan fingerprint density at radius 1 is 0.911 bits per heavy atom. The number of rotatable bonds is 21. The lowest BCUT2D eigenvalue weighted by atomic mass is 10.2. The molecule has 254 valence electrons. The number of likely N-dealkylation sites (tertiary alicyclic amines) is 2. The van der Waals surface area contributed by atoms with Crippen molar-refractivity contribution in [2.45, 2.75) is 106 Å². The van der Waals surface area contributed by atoms with E-state index in [0.717, 1.165) is 19.3 Å². The van der Waals surface area contributed by atoms with Gasteiger partial charge in [-0.05, 0) is 32.4 Å². The number of imide groups is 2. The van der Waals surface area contributed by atoms with Gasteiger partial charge in [0.25, 0.3) is 0 Å². The van der Waals surface area contributed by atoms with Gasteiger partial charge in [0.05, 0.1) is 22.2 Å². The van der Waals surface area contributed by atoms with E-state index < -0.39 is 52.0 Å². The molecule has 0 aromatic rings. The van der Waals surface area contributed by atoms with Crippen LogP contribution < -0.4 is 16.4 Å². The highest BCUT2D eigenvalue weighted by atomic mass is 32.2. The van der Waals surface area contributed by atoms with E-state index in [1.165, 1.54) is 45.1 Å². The molecule has 0 saturated carbocycles. The number of nitrogens with one attached hydrogen (secondary N) is 2. The van der Waals surface area contributed by atoms with E-state index in [-0.39, 0.29) is 60.6 Å². The van der Waals surface area contributed by atoms with Crippen LogP contribution in [0.1, 0.15) is 72.6 Å². The zero-order valence-electron chi connectivity index (χ0n) is 26.5. The zero-order valence-corrected chi connectivity index (χ0v) is 28.9. The number of carbonyl (C=O) groups excluding carboxylic acids is 6. The summed E-state index contributed by atoms with van der Waals surface area (Å²) in [5, 5.41) is 13.0. The van der Waals surface area contributed by atoms with Gasteiger partial charge in [-0.2, -0.15) is 0 Å². The molecular formula is C29H47N5O8S3. The fraction of sp³-hybridized carbons (Fsp3) is 0.759. The fourth-order valence-corrected chi connectivity index (χ4v) is 8.79. The molecular weight excluding hydrogens is 643 g/mol. The van der Waals surface area contributed by atoms with Crippen molar-refractivity contribution in [1.29, 1.82) is 0 Å². The van der Waals surface area contributed by atoms with E-state index in [1.54, 1.807) is 13.8 Å². The number of hydrogen-bond acceptors (Lipinski definition) is 11. The quantitative estimate of drug-likeness (QED) is 0.126. The maximum atomic E-state index is 13.4. The Bertz CT molecular complexity index is 1100. The van der Waals surface area contributed by atoms with E-state index in [1.807, 2.05) is 13.8 Å². The number of nitrogens with two attached hydrogens (primary N) is 1. The SMILES string of the molecule is CCCCC(C)SC(CC(=O)O)C(=O)N[C@@H](CN)C(=O)N[C@@H](CCSC1CC(=O)N(CC)C1=O)CSC1CC(=O)N(CC)C1=O. The highest BCUT2D eigenvalue weighted by Gasteiger charge is 2.39. The number of carboxylic acids is 1. The van der Waals surface area contributed by atoms with Crippen LogP contribution in [0.4, 0.5) is 0 Å². The standard InChI is InChI=1S/C29H47N5O8S3/c1-5-8-9-17(4)45-20(14-25(37)38)27(40)32-19(15-30)26(39)31-18(16-44-22-13-24(36)34(7-3)29(22)42)10-11-43-21-12-23(35)33(6-2)28(21)41/h17-22H,5-16,30H2,1-4H3,(H,31,39)(H,32,40)(H,37,38)/t17?,18-,19-,20?,21?,22?/m0/s1. The number of carbonyl (C=O) groups is 7. The van der Waals surface area contributed by atoms with Gasteiger partial charge in [0, 0.05) is 49.5 Å². The molecule has 5 N–H and O–H groups in total. The molecule has 4 unspecified atom stereocenters. The first-order valence-corrected chi connectivity index (χ1v) is 18.5. The van der Waals surface area contributed by atoms with Crippen LogP contribution in [0.25, 0.3) is 0 Å². The van der Waals surface area contributed by atoms with Crippen LogP contribution in [0, 0.1) is 0 Å². The van der Waals surface area contributed by atoms with Gasteiger partial charge in [0.1, 0.15) is 6.04 Å². The summed E-state index contributed by atoms with van der Waals surface area (Å²) in [6.07, 6.45) is 2.91. The number of thioether (sulfide) groups is 3. The van der Waals surface area contributed by atoms with Gasteiger partial charge in [-0.15, -0.1) is 35.3 Å². The third-order valence-electron chi connectivity index (χ3n) is 7.55. The van der Waals surface area contributed by atoms with E-state index in [9.17, 15) is 38.7 Å². The topological polar surface area (TPSA) is 196 Å². The van der Waals surface area contributed by atoms with Gasteiger partial charge in [0.15, 0.2) is 0 Å². The van der Waals surface area contributed by atoms with Gasteiger partial charge in [-0.1, -0.05) is 26.7 Å². The van der Waals surface area contributed by atoms with Crippen molar-refractivity contribution >= 4 is 76.7 Å². The van der Waals surface area contributed by atoms with E-state index in [0.29, 0.717) is 18.7 Å². The van der Waals surface area contributed by atoms with Crippen LogP contribution in [-0.4, -0.2) is 121 Å². The molecule has 6 atom stereocenters. The van der Waals surface area contributed by atoms with E-state index in [4.69, 9.17) is 5.73 Å². The van der Waals surface area contributed by atoms with Crippen LogP contribution in [0.2, 0.25) is 0 Å². The number of aliphatic carboxylic acids is 1. The van der Waals surface area contributed by atoms with Gasteiger partial charge in [-0.25, -0.2) is 0 Å². The van der Waals surface area contributed by atoms with Crippen molar-refractivity contribution in [3.63, 3.8) is 0 Å². The molecule has 0 bridgehead atoms. The van der Waals surface area contributed by atoms with Crippen molar-refractivity contribution in [3.05, 3.63) is 0 Å². The third kappa shape index (κ3) is 11.8. The number of amides is 6. The van der Waals surface area contributed by atoms with Crippen molar-refractivity contribution in [2.24, 2.45) is 5.73 Å². The molecule has 0 radical (unpaired) electrons. The molecule has 2 rings (SSSR count). The second-order valence-electron chi connectivity index (χ2n) is 11.0. The molecule has 0 aromatic heterocycles. The minimum atomic E-state index is -1.13. The molecule has 13 nitrogen and oxygen atoms in total. The molecule has 0 spiro atoms. The maximum Gasteiger partial charge on any atom is 0.305 e. The Balaban J connectivity index is 2.09. The summed E-state index contributed by atoms with van der Waals surface area (Å²) in [4.78, 5) is 89.9. The predicted octanol–water partition coefficient (Wildman–Crippen LogP) is 1.22. The van der Waals surface area contributed by atoms with Gasteiger partial charge in [-0.3, -0.25) is 43.4 Å². The van der Waals surface area contributed by atoms with Crippen LogP contribution in [0.3, 0.4) is 0 Å². The van der Waals surface area contributed by atoms with Crippen molar-refractivity contribution in [3.8, 4) is 0 Å². The highest BCUT2D eigenvalue weighted by molar-refractivity contribution is 8.01. The molecule has 2 aliphatic rings. The molecule has 2 heterocycles. The first-order chi connectivity index (χ1) is 21.4. The van der Waals surface area contributed by atoms with Gasteiger partial charge < -0.3 is 21.5 Å². The third-order valence-corrected chi connectivity index (χ3v) is 11.6. The molecule has 2 saturated heterocycles. The average Bonchev–Trinajstić information content (AvgIpc) is 3.43. The molecule has 6 amide bonds. The Morgan fingerprint density at radius 3 is 1.98 bits per heavy atom. The Labute approximate surface area is 277 Å². The summed E-state index contributed by atoms with van der Waals surface area (Å²) in [6, 6.07) is -1.63. The van der Waals surface area contributed by atoms with Crippen molar-refractivity contribution in [2.75, 3.05) is 31.1 Å². The molecule has 2 fully saturated rings. The Kier molecular flexibility index (Phi) is 16.7. The first kappa shape index (κ1) is 38.9. The smallest absolute Gasteiger partial charge is 0.305 e. The van der Waals surface area contributed by atoms with Crippen LogP contribution >= 0.6 is 35.3 Å². The van der Waals surface area contributed by atoms with E-state index >= 15 is 0 Å². The highest BCUT2D eigenvalue weighted by Crippen LogP contribution is 2.29. The summed E-state index contributed by atoms with van der Waals surface area (Å²) >= 11 is 3.84. The van der Waals surface area contributed by atoms with Crippen LogP contribution in [0.15, 0.2) is 0 Å². The second-order valence-corrected chi connectivity index (χ2v) is 15.2. The van der Waals surface area contributed by atoms with Crippen molar-refractivity contribution < 1.29 is 38.7 Å². The minimum absolute atomic E-state index is 0.0457. The zero-order chi connectivity index (χ0) is 33.7. The Hall–Kier alpha value is -2.30. The number of nitrogens with zero attached hydrogens (tertiary/aromatic N) is 2. The molecule has 0 aromatic carbocycles. The van der Waals surface area contributed by atoms with Crippen molar-refractivity contribution in [1.82, 2.24) is 20.4 Å². The summed E-state index contributed by atoms with van der Waals surface area (Å²) < 4.78 is 0. The number of carboxylic acid groups (broad SMARTS) is 1. The summed E-state index contributed by atoms with van der Waals surface area (Å²) in [7, 11) is 0. The first-order valence-electron chi connectivity index (χ1n) is 15.5. The summed E-state index contributed by atoms with van der Waals surface area (Å²) in [5.41, 5.74) is 5.87. The predicted molar refractivity (Wildman–Crippen MR) is 177 cm³/mol. The summed E-state index contributed by atoms with van der Waals surface area (Å²) in [5.74, 6) is -2.53. The molecule has 45 heavy (non-hydrogen) atoms. The van der Waals surface area contributed by atoms with Crippen LogP contribution in [0.5, 0.6) is 0 Å². The van der Waals surface area contributed by atoms with Gasteiger partial charge in [0.2, 0.25) is 35.4 Å².